The number of rotatable bonds is 7. The molecule has 0 aliphatic heterocycles. The van der Waals surface area contributed by atoms with Crippen molar-refractivity contribution in [1.82, 2.24) is 9.97 Å². The monoisotopic (exact) mass is 402 g/mol. The Labute approximate surface area is 167 Å². The number of nitrogens with one attached hydrogen (secondary N) is 2. The van der Waals surface area contributed by atoms with Gasteiger partial charge in [-0.05, 0) is 43.2 Å². The van der Waals surface area contributed by atoms with Gasteiger partial charge in [-0.3, -0.25) is 0 Å². The molecule has 0 amide bonds. The van der Waals surface area contributed by atoms with E-state index in [9.17, 15) is 13.2 Å². The van der Waals surface area contributed by atoms with Crippen molar-refractivity contribution in [3.8, 4) is 5.75 Å². The second-order valence-electron chi connectivity index (χ2n) is 6.21. The maximum Gasteiger partial charge on any atom is 0.421 e. The Morgan fingerprint density at radius 1 is 0.966 bits per heavy atom. The molecule has 2 aromatic carbocycles. The van der Waals surface area contributed by atoms with E-state index in [0.717, 1.165) is 18.2 Å². The largest absolute Gasteiger partial charge is 0.494 e. The highest BCUT2D eigenvalue weighted by Crippen LogP contribution is 2.35. The number of nitrogens with zero attached hydrogens (tertiary/aromatic N) is 2. The summed E-state index contributed by atoms with van der Waals surface area (Å²) in [4.78, 5) is 7.88. The lowest BCUT2D eigenvalue weighted by Gasteiger charge is -2.15. The average Bonchev–Trinajstić information content (AvgIpc) is 2.68. The minimum Gasteiger partial charge on any atom is -0.494 e. The molecule has 0 radical (unpaired) electrons. The molecule has 152 valence electrons. The molecule has 0 unspecified atom stereocenters. The second kappa shape index (κ2) is 8.81. The predicted molar refractivity (Wildman–Crippen MR) is 107 cm³/mol. The van der Waals surface area contributed by atoms with Crippen molar-refractivity contribution in [3.05, 3.63) is 65.9 Å². The first kappa shape index (κ1) is 20.4. The van der Waals surface area contributed by atoms with Crippen LogP contribution < -0.4 is 15.4 Å². The van der Waals surface area contributed by atoms with Gasteiger partial charge in [-0.25, -0.2) is 4.98 Å². The van der Waals surface area contributed by atoms with Crippen LogP contribution in [0.3, 0.4) is 0 Å². The van der Waals surface area contributed by atoms with Gasteiger partial charge in [0.1, 0.15) is 17.1 Å². The topological polar surface area (TPSA) is 59.1 Å². The third kappa shape index (κ3) is 5.37. The molecule has 0 aliphatic carbocycles. The molecule has 0 bridgehead atoms. The number of aryl methyl sites for hydroxylation is 1. The van der Waals surface area contributed by atoms with Crippen molar-refractivity contribution in [1.29, 1.82) is 0 Å². The first-order valence-electron chi connectivity index (χ1n) is 9.19. The number of hydrogen-bond acceptors (Lipinski definition) is 5. The maximum absolute atomic E-state index is 13.4. The zero-order chi connectivity index (χ0) is 20.9. The highest BCUT2D eigenvalue weighted by molar-refractivity contribution is 5.64. The molecule has 0 spiro atoms. The zero-order valence-corrected chi connectivity index (χ0v) is 16.0. The van der Waals surface area contributed by atoms with E-state index in [0.29, 0.717) is 23.7 Å². The standard InChI is InChI=1S/C21H21F3N4O/c1-3-14-8-10-15(11-9-14)27-20-25-13-18(21(22,23)24)19(28-20)26-16-6-5-7-17(12-16)29-4-2/h5-13H,3-4H2,1-2H3,(H2,25,26,27,28). The molecule has 1 aromatic heterocycles. The molecule has 0 aliphatic rings. The number of anilines is 4. The van der Waals surface area contributed by atoms with Gasteiger partial charge in [0, 0.05) is 23.6 Å². The third-order valence-electron chi connectivity index (χ3n) is 4.12. The first-order chi connectivity index (χ1) is 13.9. The van der Waals surface area contributed by atoms with E-state index < -0.39 is 11.7 Å². The van der Waals surface area contributed by atoms with Gasteiger partial charge in [0.05, 0.1) is 6.61 Å². The van der Waals surface area contributed by atoms with Crippen molar-refractivity contribution in [2.45, 2.75) is 26.4 Å². The van der Waals surface area contributed by atoms with Crippen molar-refractivity contribution in [2.24, 2.45) is 0 Å². The summed E-state index contributed by atoms with van der Waals surface area (Å²) in [5.41, 5.74) is 1.32. The molecular weight excluding hydrogens is 381 g/mol. The Morgan fingerprint density at radius 3 is 2.38 bits per heavy atom. The fourth-order valence-electron chi connectivity index (χ4n) is 2.66. The number of alkyl halides is 3. The van der Waals surface area contributed by atoms with Crippen LogP contribution in [0.2, 0.25) is 0 Å². The molecule has 29 heavy (non-hydrogen) atoms. The van der Waals surface area contributed by atoms with Crippen molar-refractivity contribution in [2.75, 3.05) is 17.2 Å². The van der Waals surface area contributed by atoms with Crippen molar-refractivity contribution in [3.63, 3.8) is 0 Å². The van der Waals surface area contributed by atoms with Crippen LogP contribution in [0.25, 0.3) is 0 Å². The van der Waals surface area contributed by atoms with Crippen LogP contribution in [0, 0.1) is 0 Å². The summed E-state index contributed by atoms with van der Waals surface area (Å²) in [6, 6.07) is 14.2. The van der Waals surface area contributed by atoms with Gasteiger partial charge in [-0.2, -0.15) is 18.2 Å². The number of hydrogen-bond donors (Lipinski definition) is 2. The van der Waals surface area contributed by atoms with E-state index >= 15 is 0 Å². The Morgan fingerprint density at radius 2 is 1.72 bits per heavy atom. The van der Waals surface area contributed by atoms with E-state index in [1.165, 1.54) is 0 Å². The van der Waals surface area contributed by atoms with Gasteiger partial charge < -0.3 is 15.4 Å². The van der Waals surface area contributed by atoms with Gasteiger partial charge >= 0.3 is 6.18 Å². The second-order valence-corrected chi connectivity index (χ2v) is 6.21. The maximum atomic E-state index is 13.4. The van der Waals surface area contributed by atoms with E-state index in [2.05, 4.69) is 20.6 Å². The zero-order valence-electron chi connectivity index (χ0n) is 16.0. The van der Waals surface area contributed by atoms with Crippen molar-refractivity contribution < 1.29 is 17.9 Å². The predicted octanol–water partition coefficient (Wildman–Crippen LogP) is 5.94. The third-order valence-corrected chi connectivity index (χ3v) is 4.12. The van der Waals surface area contributed by atoms with Crippen LogP contribution in [0.1, 0.15) is 25.0 Å². The fourth-order valence-corrected chi connectivity index (χ4v) is 2.66. The molecule has 0 fully saturated rings. The highest BCUT2D eigenvalue weighted by Gasteiger charge is 2.35. The molecule has 3 aromatic rings. The number of benzene rings is 2. The van der Waals surface area contributed by atoms with E-state index in [4.69, 9.17) is 4.74 Å². The number of halogens is 3. The van der Waals surface area contributed by atoms with Crippen LogP contribution in [0.5, 0.6) is 5.75 Å². The molecule has 0 saturated carbocycles. The normalized spacial score (nSPS) is 11.2. The van der Waals surface area contributed by atoms with Gasteiger partial charge in [0.25, 0.3) is 0 Å². The van der Waals surface area contributed by atoms with Crippen LogP contribution in [0.4, 0.5) is 36.3 Å². The van der Waals surface area contributed by atoms with Crippen LogP contribution in [-0.2, 0) is 12.6 Å². The lowest BCUT2D eigenvalue weighted by atomic mass is 10.1. The average molecular weight is 402 g/mol. The summed E-state index contributed by atoms with van der Waals surface area (Å²) in [6.45, 7) is 4.33. The molecule has 2 N–H and O–H groups in total. The Bertz CT molecular complexity index is 959. The quantitative estimate of drug-likeness (QED) is 0.512. The summed E-state index contributed by atoms with van der Waals surface area (Å²) in [5, 5.41) is 5.67. The van der Waals surface area contributed by atoms with E-state index in [1.54, 1.807) is 24.3 Å². The fraction of sp³-hybridized carbons (Fsp3) is 0.238. The molecule has 5 nitrogen and oxygen atoms in total. The Kier molecular flexibility index (Phi) is 6.21. The summed E-state index contributed by atoms with van der Waals surface area (Å²) in [5.74, 6) is 0.272. The highest BCUT2D eigenvalue weighted by atomic mass is 19.4. The van der Waals surface area contributed by atoms with E-state index in [-0.39, 0.29) is 11.8 Å². The van der Waals surface area contributed by atoms with E-state index in [1.807, 2.05) is 38.1 Å². The Balaban J connectivity index is 1.90. The molecular formula is C21H21F3N4O. The van der Waals surface area contributed by atoms with Crippen molar-refractivity contribution >= 4 is 23.1 Å². The molecule has 8 heteroatoms. The summed E-state index contributed by atoms with van der Waals surface area (Å²) in [6.07, 6.45) is -2.93. The van der Waals surface area contributed by atoms with Crippen LogP contribution in [-0.4, -0.2) is 16.6 Å². The lowest BCUT2D eigenvalue weighted by Crippen LogP contribution is -2.12. The molecule has 1 heterocycles. The lowest BCUT2D eigenvalue weighted by molar-refractivity contribution is -0.137. The summed E-state index contributed by atoms with van der Waals surface area (Å²) >= 11 is 0. The van der Waals surface area contributed by atoms with Gasteiger partial charge in [-0.15, -0.1) is 0 Å². The summed E-state index contributed by atoms with van der Waals surface area (Å²) < 4.78 is 45.7. The smallest absolute Gasteiger partial charge is 0.421 e. The minimum absolute atomic E-state index is 0.0608. The Hall–Kier alpha value is -3.29. The molecule has 0 saturated heterocycles. The van der Waals surface area contributed by atoms with Crippen LogP contribution >= 0.6 is 0 Å². The SMILES string of the molecule is CCOc1cccc(Nc2nc(Nc3ccc(CC)cc3)ncc2C(F)(F)F)c1. The first-order valence-corrected chi connectivity index (χ1v) is 9.19. The van der Waals surface area contributed by atoms with Crippen LogP contribution in [0.15, 0.2) is 54.7 Å². The van der Waals surface area contributed by atoms with Gasteiger partial charge in [-0.1, -0.05) is 25.1 Å². The number of aromatic nitrogens is 2. The molecule has 0 atom stereocenters. The minimum atomic E-state index is -4.60. The molecule has 3 rings (SSSR count). The van der Waals surface area contributed by atoms with Gasteiger partial charge in [0.2, 0.25) is 5.95 Å². The number of ether oxygens (including phenoxy) is 1. The summed E-state index contributed by atoms with van der Waals surface area (Å²) in [7, 11) is 0. The van der Waals surface area contributed by atoms with Gasteiger partial charge in [0.15, 0.2) is 0 Å².